The van der Waals surface area contributed by atoms with E-state index in [2.05, 4.69) is 0 Å². The number of carbonyl (C=O) groups excluding carboxylic acids is 2. The van der Waals surface area contributed by atoms with E-state index in [0.717, 1.165) is 13.0 Å². The van der Waals surface area contributed by atoms with Crippen molar-refractivity contribution in [2.45, 2.75) is 24.9 Å². The number of benzene rings is 2. The lowest BCUT2D eigenvalue weighted by Gasteiger charge is -2.30. The summed E-state index contributed by atoms with van der Waals surface area (Å²) in [6.07, 6.45) is -12.5. The molecule has 0 spiro atoms. The molecule has 29 heavy (non-hydrogen) atoms. The highest BCUT2D eigenvalue weighted by molar-refractivity contribution is 6.10. The average molecular weight is 422 g/mol. The molecule has 4 nitrogen and oxygen atoms in total. The molecular weight excluding hydrogens is 409 g/mol. The summed E-state index contributed by atoms with van der Waals surface area (Å²) >= 11 is 0. The van der Waals surface area contributed by atoms with E-state index in [4.69, 9.17) is 11.5 Å². The lowest BCUT2D eigenvalue weighted by atomic mass is 9.87. The van der Waals surface area contributed by atoms with Crippen LogP contribution in [0.3, 0.4) is 0 Å². The van der Waals surface area contributed by atoms with Gasteiger partial charge in [0.2, 0.25) is 11.8 Å². The van der Waals surface area contributed by atoms with Crippen LogP contribution in [0, 0.1) is 6.92 Å². The van der Waals surface area contributed by atoms with Crippen molar-refractivity contribution in [1.82, 2.24) is 0 Å². The van der Waals surface area contributed by atoms with E-state index in [-0.39, 0.29) is 27.8 Å². The lowest BCUT2D eigenvalue weighted by Crippen LogP contribution is -2.50. The molecule has 156 valence electrons. The van der Waals surface area contributed by atoms with Crippen LogP contribution in [0.1, 0.15) is 31.8 Å². The highest BCUT2D eigenvalue weighted by Gasteiger charge is 2.73. The summed E-state index contributed by atoms with van der Waals surface area (Å²) in [5.41, 5.74) is 2.19. The van der Waals surface area contributed by atoms with Gasteiger partial charge in [-0.1, -0.05) is 30.3 Å². The highest BCUT2D eigenvalue weighted by Crippen LogP contribution is 2.53. The van der Waals surface area contributed by atoms with Crippen LogP contribution < -0.4 is 11.5 Å². The second-order valence-electron chi connectivity index (χ2n) is 6.14. The first-order valence-corrected chi connectivity index (χ1v) is 7.79. The fraction of sp³-hybridized carbons (Fsp3) is 0.222. The highest BCUT2D eigenvalue weighted by atomic mass is 19.4. The minimum absolute atomic E-state index is 0.0302. The number of halogens is 7. The predicted octanol–water partition coefficient (Wildman–Crippen LogP) is 4.15. The minimum Gasteiger partial charge on any atom is -0.366 e. The van der Waals surface area contributed by atoms with Crippen molar-refractivity contribution in [3.8, 4) is 11.1 Å². The number of hydrogen-bond acceptors (Lipinski definition) is 2. The van der Waals surface area contributed by atoms with Crippen LogP contribution >= 0.6 is 0 Å². The second kappa shape index (κ2) is 7.05. The van der Waals surface area contributed by atoms with Crippen molar-refractivity contribution in [3.63, 3.8) is 0 Å². The first-order valence-electron chi connectivity index (χ1n) is 7.79. The van der Waals surface area contributed by atoms with Crippen LogP contribution in [0.2, 0.25) is 0 Å². The molecule has 2 amide bonds. The summed E-state index contributed by atoms with van der Waals surface area (Å²) in [6.45, 7) is 1.12. The smallest absolute Gasteiger partial charge is 0.366 e. The molecule has 0 aromatic heterocycles. The van der Waals surface area contributed by atoms with E-state index >= 15 is 0 Å². The molecule has 0 saturated heterocycles. The fourth-order valence-electron chi connectivity index (χ4n) is 2.92. The number of carbonyl (C=O) groups is 2. The standard InChI is InChI=1S/C18H13F7N2O2/c1-8-7-9(16(19,17(20,21)22)18(23,24)25)5-6-10(8)11-3-2-4-12(14(26)28)13(11)15(27)29/h2-7H,1H3,(H2,26,28)(H2,27,29). The Hall–Kier alpha value is -3.11. The molecular formula is C18H13F7N2O2. The van der Waals surface area contributed by atoms with Crippen LogP contribution in [0.4, 0.5) is 30.7 Å². The van der Waals surface area contributed by atoms with Gasteiger partial charge < -0.3 is 11.5 Å². The Morgan fingerprint density at radius 3 is 1.76 bits per heavy atom. The monoisotopic (exact) mass is 422 g/mol. The zero-order chi connectivity index (χ0) is 22.4. The average Bonchev–Trinajstić information content (AvgIpc) is 2.58. The summed E-state index contributed by atoms with van der Waals surface area (Å²) in [5, 5.41) is 0. The number of hydrogen-bond donors (Lipinski definition) is 2. The summed E-state index contributed by atoms with van der Waals surface area (Å²) in [6, 6.07) is 5.20. The molecule has 0 aliphatic heterocycles. The van der Waals surface area contributed by atoms with Gasteiger partial charge in [-0.25, -0.2) is 4.39 Å². The van der Waals surface area contributed by atoms with Crippen molar-refractivity contribution in [3.05, 3.63) is 58.7 Å². The molecule has 2 aromatic rings. The molecule has 2 aromatic carbocycles. The summed E-state index contributed by atoms with van der Waals surface area (Å²) < 4.78 is 91.9. The molecule has 4 N–H and O–H groups in total. The summed E-state index contributed by atoms with van der Waals surface area (Å²) in [4.78, 5) is 23.3. The molecule has 0 aliphatic carbocycles. The van der Waals surface area contributed by atoms with Gasteiger partial charge in [0.05, 0.1) is 11.1 Å². The third-order valence-corrected chi connectivity index (χ3v) is 4.27. The van der Waals surface area contributed by atoms with Gasteiger partial charge >= 0.3 is 18.0 Å². The van der Waals surface area contributed by atoms with Gasteiger partial charge in [0.25, 0.3) is 0 Å². The summed E-state index contributed by atoms with van der Waals surface area (Å²) in [7, 11) is 0. The van der Waals surface area contributed by atoms with Gasteiger partial charge in [-0.15, -0.1) is 0 Å². The van der Waals surface area contributed by atoms with Crippen molar-refractivity contribution in [2.75, 3.05) is 0 Å². The number of amides is 2. The first-order chi connectivity index (χ1) is 13.1. The predicted molar refractivity (Wildman–Crippen MR) is 88.5 cm³/mol. The molecule has 2 rings (SSSR count). The van der Waals surface area contributed by atoms with Gasteiger partial charge in [0.1, 0.15) is 0 Å². The zero-order valence-corrected chi connectivity index (χ0v) is 14.6. The van der Waals surface area contributed by atoms with Crippen molar-refractivity contribution >= 4 is 11.8 Å². The molecule has 0 radical (unpaired) electrons. The molecule has 0 unspecified atom stereocenters. The van der Waals surface area contributed by atoms with Crippen LogP contribution in [0.15, 0.2) is 36.4 Å². The third kappa shape index (κ3) is 3.64. The van der Waals surface area contributed by atoms with Gasteiger partial charge in [-0.3, -0.25) is 9.59 Å². The number of nitrogens with two attached hydrogens (primary N) is 2. The lowest BCUT2D eigenvalue weighted by molar-refractivity contribution is -0.348. The number of primary amides is 2. The van der Waals surface area contributed by atoms with Crippen LogP contribution in [-0.2, 0) is 5.67 Å². The quantitative estimate of drug-likeness (QED) is 0.726. The van der Waals surface area contributed by atoms with Gasteiger partial charge in [-0.05, 0) is 29.7 Å². The Balaban J connectivity index is 2.76. The molecule has 0 saturated carbocycles. The Labute approximate surface area is 159 Å². The van der Waals surface area contributed by atoms with E-state index in [1.54, 1.807) is 0 Å². The maximum Gasteiger partial charge on any atom is 0.435 e. The number of aryl methyl sites for hydroxylation is 1. The first kappa shape index (κ1) is 22.2. The van der Waals surface area contributed by atoms with E-state index in [1.807, 2.05) is 0 Å². The van der Waals surface area contributed by atoms with Crippen LogP contribution in [0.5, 0.6) is 0 Å². The summed E-state index contributed by atoms with van der Waals surface area (Å²) in [5.74, 6) is -2.12. The van der Waals surface area contributed by atoms with E-state index < -0.39 is 35.4 Å². The van der Waals surface area contributed by atoms with E-state index in [1.165, 1.54) is 18.2 Å². The minimum atomic E-state index is -6.26. The normalized spacial score (nSPS) is 12.7. The molecule has 0 bridgehead atoms. The SMILES string of the molecule is Cc1cc(C(F)(C(F)(F)F)C(F)(F)F)ccc1-c1cccc(C(N)=O)c1C(N)=O. The second-order valence-corrected chi connectivity index (χ2v) is 6.14. The Kier molecular flexibility index (Phi) is 5.39. The van der Waals surface area contributed by atoms with E-state index in [0.29, 0.717) is 12.1 Å². The van der Waals surface area contributed by atoms with Gasteiger partial charge in [-0.2, -0.15) is 26.3 Å². The molecule has 0 heterocycles. The van der Waals surface area contributed by atoms with Crippen molar-refractivity contribution in [1.29, 1.82) is 0 Å². The Morgan fingerprint density at radius 2 is 1.34 bits per heavy atom. The van der Waals surface area contributed by atoms with Gasteiger partial charge in [0.15, 0.2) is 0 Å². The molecule has 0 aliphatic rings. The Bertz CT molecular complexity index is 967. The molecule has 11 heteroatoms. The largest absolute Gasteiger partial charge is 0.435 e. The topological polar surface area (TPSA) is 86.2 Å². The molecule has 0 atom stereocenters. The van der Waals surface area contributed by atoms with Crippen molar-refractivity contribution in [2.24, 2.45) is 11.5 Å². The number of rotatable bonds is 4. The Morgan fingerprint density at radius 1 is 0.793 bits per heavy atom. The third-order valence-electron chi connectivity index (χ3n) is 4.27. The zero-order valence-electron chi connectivity index (χ0n) is 14.6. The van der Waals surface area contributed by atoms with Crippen molar-refractivity contribution < 1.29 is 40.3 Å². The van der Waals surface area contributed by atoms with Crippen LogP contribution in [-0.4, -0.2) is 24.2 Å². The maximum atomic E-state index is 14.2. The maximum absolute atomic E-state index is 14.2. The van der Waals surface area contributed by atoms with Gasteiger partial charge in [0, 0.05) is 5.56 Å². The van der Waals surface area contributed by atoms with E-state index in [9.17, 15) is 40.3 Å². The molecule has 0 fully saturated rings. The van der Waals surface area contributed by atoms with Crippen LogP contribution in [0.25, 0.3) is 11.1 Å². The number of alkyl halides is 7. The fourth-order valence-corrected chi connectivity index (χ4v) is 2.92.